The Morgan fingerprint density at radius 1 is 1.48 bits per heavy atom. The Hall–Kier alpha value is -1.13. The lowest BCUT2D eigenvalue weighted by molar-refractivity contribution is 0.337. The topological polar surface area (TPSA) is 73.2 Å². The van der Waals surface area contributed by atoms with Gasteiger partial charge in [-0.15, -0.1) is 0 Å². The molecule has 1 aromatic rings. The van der Waals surface area contributed by atoms with Gasteiger partial charge in [-0.25, -0.2) is 8.42 Å². The zero-order valence-corrected chi connectivity index (χ0v) is 13.4. The fourth-order valence-corrected chi connectivity index (χ4v) is 4.07. The van der Waals surface area contributed by atoms with Crippen LogP contribution in [0.5, 0.6) is 0 Å². The summed E-state index contributed by atoms with van der Waals surface area (Å²) in [5.41, 5.74) is 0.114. The minimum absolute atomic E-state index is 0.0317. The molecule has 0 radical (unpaired) electrons. The number of hydrogen-bond donors (Lipinski definition) is 1. The van der Waals surface area contributed by atoms with Crippen LogP contribution in [-0.2, 0) is 10.0 Å². The molecule has 114 valence electrons. The van der Waals surface area contributed by atoms with Crippen molar-refractivity contribution in [3.05, 3.63) is 28.8 Å². The number of sulfonamides is 1. The molecule has 1 unspecified atom stereocenters. The van der Waals surface area contributed by atoms with Crippen molar-refractivity contribution in [2.75, 3.05) is 20.1 Å². The molecule has 7 heteroatoms. The molecular formula is C14H18ClN3O2S. The predicted octanol–water partition coefficient (Wildman–Crippen LogP) is 1.97. The summed E-state index contributed by atoms with van der Waals surface area (Å²) in [4.78, 5) is -0.0317. The summed E-state index contributed by atoms with van der Waals surface area (Å²) in [6.07, 6.45) is 3.19. The standard InChI is InChI=1S/C14H18ClN3O2S/c1-18(10-13-4-2-3-7-17-13)21(19,20)14-8-12(15)6-5-11(14)9-16/h5-6,8,13,17H,2-4,7,10H2,1H3. The summed E-state index contributed by atoms with van der Waals surface area (Å²) in [6, 6.07) is 6.34. The fourth-order valence-electron chi connectivity index (χ4n) is 2.46. The van der Waals surface area contributed by atoms with Crippen LogP contribution in [0.2, 0.25) is 5.02 Å². The van der Waals surface area contributed by atoms with Gasteiger partial charge in [0.15, 0.2) is 0 Å². The maximum absolute atomic E-state index is 12.6. The lowest BCUT2D eigenvalue weighted by Crippen LogP contribution is -2.44. The van der Waals surface area contributed by atoms with E-state index in [0.29, 0.717) is 11.6 Å². The van der Waals surface area contributed by atoms with Crippen LogP contribution in [0.3, 0.4) is 0 Å². The highest BCUT2D eigenvalue weighted by atomic mass is 35.5. The van der Waals surface area contributed by atoms with Crippen LogP contribution < -0.4 is 5.32 Å². The summed E-state index contributed by atoms with van der Waals surface area (Å²) < 4.78 is 26.5. The molecule has 1 N–H and O–H groups in total. The first-order valence-corrected chi connectivity index (χ1v) is 8.66. The molecule has 1 aliphatic rings. The van der Waals surface area contributed by atoms with Crippen LogP contribution in [-0.4, -0.2) is 38.9 Å². The Balaban J connectivity index is 2.24. The Labute approximate surface area is 130 Å². The molecule has 1 aromatic carbocycles. The molecule has 1 aliphatic heterocycles. The van der Waals surface area contributed by atoms with Gasteiger partial charge in [-0.3, -0.25) is 0 Å². The molecule has 5 nitrogen and oxygen atoms in total. The molecule has 1 heterocycles. The zero-order valence-electron chi connectivity index (χ0n) is 11.8. The van der Waals surface area contributed by atoms with Crippen molar-refractivity contribution in [2.45, 2.75) is 30.2 Å². The molecule has 1 saturated heterocycles. The summed E-state index contributed by atoms with van der Waals surface area (Å²) >= 11 is 5.87. The number of likely N-dealkylation sites (N-methyl/N-ethyl adjacent to an activating group) is 1. The normalized spacial score (nSPS) is 19.4. The molecule has 0 saturated carbocycles. The van der Waals surface area contributed by atoms with Crippen molar-refractivity contribution in [2.24, 2.45) is 0 Å². The van der Waals surface area contributed by atoms with E-state index in [2.05, 4.69) is 5.32 Å². The van der Waals surface area contributed by atoms with E-state index in [1.165, 1.54) is 29.6 Å². The quantitative estimate of drug-likeness (QED) is 0.917. The molecule has 0 amide bonds. The number of nitrogens with one attached hydrogen (secondary N) is 1. The lowest BCUT2D eigenvalue weighted by atomic mass is 10.1. The smallest absolute Gasteiger partial charge is 0.244 e. The van der Waals surface area contributed by atoms with Crippen molar-refractivity contribution in [1.29, 1.82) is 5.26 Å². The third-order valence-electron chi connectivity index (χ3n) is 3.64. The van der Waals surface area contributed by atoms with Crippen LogP contribution in [0.4, 0.5) is 0 Å². The highest BCUT2D eigenvalue weighted by Gasteiger charge is 2.27. The second kappa shape index (κ2) is 6.75. The van der Waals surface area contributed by atoms with Gasteiger partial charge in [0.05, 0.1) is 5.56 Å². The third kappa shape index (κ3) is 3.74. The van der Waals surface area contributed by atoms with E-state index in [1.54, 1.807) is 0 Å². The molecule has 1 fully saturated rings. The number of nitriles is 1. The highest BCUT2D eigenvalue weighted by molar-refractivity contribution is 7.89. The van der Waals surface area contributed by atoms with Gasteiger partial charge in [0.25, 0.3) is 0 Å². The molecular weight excluding hydrogens is 310 g/mol. The predicted molar refractivity (Wildman–Crippen MR) is 81.6 cm³/mol. The van der Waals surface area contributed by atoms with Crippen LogP contribution in [0.25, 0.3) is 0 Å². The van der Waals surface area contributed by atoms with Crippen LogP contribution in [0.15, 0.2) is 23.1 Å². The largest absolute Gasteiger partial charge is 0.313 e. The average Bonchev–Trinajstić information content (AvgIpc) is 2.48. The Morgan fingerprint density at radius 3 is 2.86 bits per heavy atom. The number of hydrogen-bond acceptors (Lipinski definition) is 4. The highest BCUT2D eigenvalue weighted by Crippen LogP contribution is 2.23. The minimum Gasteiger partial charge on any atom is -0.313 e. The molecule has 0 aromatic heterocycles. The Bertz CT molecular complexity index is 649. The molecule has 0 aliphatic carbocycles. The van der Waals surface area contributed by atoms with Gasteiger partial charge >= 0.3 is 0 Å². The maximum Gasteiger partial charge on any atom is 0.244 e. The van der Waals surface area contributed by atoms with Crippen LogP contribution in [0, 0.1) is 11.3 Å². The van der Waals surface area contributed by atoms with Gasteiger partial charge in [-0.1, -0.05) is 18.0 Å². The fraction of sp³-hybridized carbons (Fsp3) is 0.500. The second-order valence-corrected chi connectivity index (χ2v) is 7.63. The number of rotatable bonds is 4. The Kier molecular flexibility index (Phi) is 5.22. The average molecular weight is 328 g/mol. The number of benzene rings is 1. The van der Waals surface area contributed by atoms with Gasteiger partial charge in [0.1, 0.15) is 11.0 Å². The van der Waals surface area contributed by atoms with Crippen molar-refractivity contribution in [1.82, 2.24) is 9.62 Å². The minimum atomic E-state index is -3.72. The summed E-state index contributed by atoms with van der Waals surface area (Å²) in [5.74, 6) is 0. The van der Waals surface area contributed by atoms with Crippen molar-refractivity contribution in [3.8, 4) is 6.07 Å². The lowest BCUT2D eigenvalue weighted by Gasteiger charge is -2.28. The number of halogens is 1. The van der Waals surface area contributed by atoms with Crippen molar-refractivity contribution in [3.63, 3.8) is 0 Å². The summed E-state index contributed by atoms with van der Waals surface area (Å²) in [7, 11) is -2.18. The van der Waals surface area contributed by atoms with Gasteiger partial charge < -0.3 is 5.32 Å². The van der Waals surface area contributed by atoms with E-state index in [1.807, 2.05) is 6.07 Å². The van der Waals surface area contributed by atoms with E-state index in [9.17, 15) is 8.42 Å². The van der Waals surface area contributed by atoms with E-state index in [4.69, 9.17) is 16.9 Å². The van der Waals surface area contributed by atoms with Crippen molar-refractivity contribution < 1.29 is 8.42 Å². The first kappa shape index (κ1) is 16.2. The van der Waals surface area contributed by atoms with Crippen LogP contribution in [0.1, 0.15) is 24.8 Å². The first-order valence-electron chi connectivity index (χ1n) is 6.84. The molecule has 0 spiro atoms. The van der Waals surface area contributed by atoms with E-state index >= 15 is 0 Å². The molecule has 2 rings (SSSR count). The second-order valence-electron chi connectivity index (χ2n) is 5.18. The van der Waals surface area contributed by atoms with E-state index in [0.717, 1.165) is 25.8 Å². The maximum atomic E-state index is 12.6. The van der Waals surface area contributed by atoms with E-state index in [-0.39, 0.29) is 16.5 Å². The zero-order chi connectivity index (χ0) is 15.5. The molecule has 21 heavy (non-hydrogen) atoms. The van der Waals surface area contributed by atoms with Crippen molar-refractivity contribution >= 4 is 21.6 Å². The van der Waals surface area contributed by atoms with Gasteiger partial charge in [-0.2, -0.15) is 9.57 Å². The van der Waals surface area contributed by atoms with Gasteiger partial charge in [0.2, 0.25) is 10.0 Å². The first-order chi connectivity index (χ1) is 9.95. The number of nitrogens with zero attached hydrogens (tertiary/aromatic N) is 2. The van der Waals surface area contributed by atoms with E-state index < -0.39 is 10.0 Å². The summed E-state index contributed by atoms with van der Waals surface area (Å²) in [6.45, 7) is 1.30. The van der Waals surface area contributed by atoms with Crippen LogP contribution >= 0.6 is 11.6 Å². The number of piperidine rings is 1. The molecule has 0 bridgehead atoms. The van der Waals surface area contributed by atoms with Gasteiger partial charge in [-0.05, 0) is 37.6 Å². The summed E-state index contributed by atoms with van der Waals surface area (Å²) in [5, 5.41) is 12.7. The molecule has 1 atom stereocenters. The Morgan fingerprint density at radius 2 is 2.24 bits per heavy atom. The monoisotopic (exact) mass is 327 g/mol. The van der Waals surface area contributed by atoms with Gasteiger partial charge in [0, 0.05) is 24.7 Å². The third-order valence-corrected chi connectivity index (χ3v) is 5.74. The SMILES string of the molecule is CN(CC1CCCCN1)S(=O)(=O)c1cc(Cl)ccc1C#N.